The van der Waals surface area contributed by atoms with E-state index in [1.165, 1.54) is 29.3 Å². The van der Waals surface area contributed by atoms with Crippen molar-refractivity contribution in [2.24, 2.45) is 5.92 Å². The van der Waals surface area contributed by atoms with Gasteiger partial charge >= 0.3 is 12.0 Å². The van der Waals surface area contributed by atoms with E-state index in [0.29, 0.717) is 5.65 Å². The Morgan fingerprint density at radius 3 is 2.65 bits per heavy atom. The third-order valence-electron chi connectivity index (χ3n) is 4.50. The summed E-state index contributed by atoms with van der Waals surface area (Å²) in [4.78, 5) is 16.4. The van der Waals surface area contributed by atoms with Gasteiger partial charge in [-0.25, -0.2) is 0 Å². The number of nitrogens with zero attached hydrogens (tertiary/aromatic N) is 4. The number of rotatable bonds is 2. The minimum absolute atomic E-state index is 0.0158. The molecule has 3 heterocycles. The van der Waals surface area contributed by atoms with Gasteiger partial charge in [-0.05, 0) is 31.3 Å². The molecule has 0 N–H and O–H groups in total. The van der Waals surface area contributed by atoms with E-state index in [2.05, 4.69) is 4.98 Å². The molecule has 1 fully saturated rings. The van der Waals surface area contributed by atoms with Crippen molar-refractivity contribution in [3.8, 4) is 0 Å². The summed E-state index contributed by atoms with van der Waals surface area (Å²) >= 11 is 0. The van der Waals surface area contributed by atoms with Gasteiger partial charge in [0, 0.05) is 18.2 Å². The van der Waals surface area contributed by atoms with Crippen LogP contribution in [-0.2, 0) is 0 Å². The van der Waals surface area contributed by atoms with Crippen molar-refractivity contribution in [2.45, 2.75) is 32.0 Å². The van der Waals surface area contributed by atoms with Gasteiger partial charge in [0.1, 0.15) is 0 Å². The van der Waals surface area contributed by atoms with E-state index in [0.717, 1.165) is 0 Å². The lowest BCUT2D eigenvalue weighted by molar-refractivity contribution is -0.389. The topological polar surface area (TPSA) is 63.7 Å². The lowest BCUT2D eigenvalue weighted by Gasteiger charge is -2.36. The SMILES string of the molecule is CC1(C)[C@@H](C(F)(F)F)CCN1c1nc2ccccn2c1[N+](=O)[O-]. The Morgan fingerprint density at radius 2 is 2.09 bits per heavy atom. The van der Waals surface area contributed by atoms with Crippen LogP contribution in [0.2, 0.25) is 0 Å². The molecule has 2 aromatic heterocycles. The second-order valence-electron chi connectivity index (χ2n) is 6.13. The number of anilines is 1. The second kappa shape index (κ2) is 4.84. The smallest absolute Gasteiger partial charge is 0.358 e. The molecule has 0 bridgehead atoms. The molecule has 0 aromatic carbocycles. The molecule has 1 saturated heterocycles. The number of halogens is 3. The number of hydrogen-bond donors (Lipinski definition) is 0. The Labute approximate surface area is 129 Å². The summed E-state index contributed by atoms with van der Waals surface area (Å²) < 4.78 is 41.0. The zero-order chi connectivity index (χ0) is 17.0. The number of nitro groups is 1. The average molecular weight is 328 g/mol. The number of hydrogen-bond acceptors (Lipinski definition) is 4. The summed E-state index contributed by atoms with van der Waals surface area (Å²) in [7, 11) is 0. The molecular weight excluding hydrogens is 313 g/mol. The van der Waals surface area contributed by atoms with Crippen LogP contribution in [0.1, 0.15) is 20.3 Å². The van der Waals surface area contributed by atoms with E-state index in [-0.39, 0.29) is 24.6 Å². The minimum Gasteiger partial charge on any atom is -0.358 e. The van der Waals surface area contributed by atoms with Gasteiger partial charge in [-0.1, -0.05) is 6.07 Å². The van der Waals surface area contributed by atoms with Crippen molar-refractivity contribution >= 4 is 17.3 Å². The Kier molecular flexibility index (Phi) is 3.27. The number of alkyl halides is 3. The van der Waals surface area contributed by atoms with Crippen molar-refractivity contribution in [3.63, 3.8) is 0 Å². The fourth-order valence-corrected chi connectivity index (χ4v) is 3.35. The summed E-state index contributed by atoms with van der Waals surface area (Å²) in [6.07, 6.45) is -2.98. The lowest BCUT2D eigenvalue weighted by atomic mass is 9.88. The first-order valence-electron chi connectivity index (χ1n) is 7.10. The molecule has 1 aliphatic heterocycles. The quantitative estimate of drug-likeness (QED) is 0.626. The van der Waals surface area contributed by atoms with Gasteiger partial charge < -0.3 is 15.0 Å². The Morgan fingerprint density at radius 1 is 1.39 bits per heavy atom. The highest BCUT2D eigenvalue weighted by molar-refractivity contribution is 5.65. The molecule has 9 heteroatoms. The highest BCUT2D eigenvalue weighted by Crippen LogP contribution is 2.47. The number of aromatic nitrogens is 2. The summed E-state index contributed by atoms with van der Waals surface area (Å²) in [6.45, 7) is 2.97. The van der Waals surface area contributed by atoms with E-state index < -0.39 is 22.6 Å². The molecule has 1 atom stereocenters. The maximum absolute atomic E-state index is 13.2. The largest absolute Gasteiger partial charge is 0.394 e. The van der Waals surface area contributed by atoms with Gasteiger partial charge in [0.05, 0.1) is 12.1 Å². The fourth-order valence-electron chi connectivity index (χ4n) is 3.35. The van der Waals surface area contributed by atoms with Crippen molar-refractivity contribution in [1.29, 1.82) is 0 Å². The third-order valence-corrected chi connectivity index (χ3v) is 4.50. The monoisotopic (exact) mass is 328 g/mol. The Balaban J connectivity index is 2.14. The maximum Gasteiger partial charge on any atom is 0.394 e. The van der Waals surface area contributed by atoms with E-state index in [1.54, 1.807) is 18.2 Å². The summed E-state index contributed by atoms with van der Waals surface area (Å²) in [5.74, 6) is -1.88. The molecule has 0 saturated carbocycles. The van der Waals surface area contributed by atoms with Crippen LogP contribution in [0.15, 0.2) is 24.4 Å². The van der Waals surface area contributed by atoms with Crippen LogP contribution in [0.5, 0.6) is 0 Å². The van der Waals surface area contributed by atoms with Crippen LogP contribution in [0, 0.1) is 16.0 Å². The van der Waals surface area contributed by atoms with Crippen molar-refractivity contribution in [3.05, 3.63) is 34.5 Å². The molecular formula is C14H15F3N4O2. The molecule has 6 nitrogen and oxygen atoms in total. The lowest BCUT2D eigenvalue weighted by Crippen LogP contribution is -2.47. The number of pyridine rings is 1. The summed E-state index contributed by atoms with van der Waals surface area (Å²) in [6, 6.07) is 4.86. The summed E-state index contributed by atoms with van der Waals surface area (Å²) in [5, 5.41) is 11.4. The van der Waals surface area contributed by atoms with E-state index >= 15 is 0 Å². The Hall–Kier alpha value is -2.32. The minimum atomic E-state index is -4.35. The molecule has 2 aromatic rings. The molecule has 3 rings (SSSR count). The van der Waals surface area contributed by atoms with Crippen LogP contribution < -0.4 is 4.90 Å². The predicted octanol–water partition coefficient (Wildman–Crippen LogP) is 3.41. The van der Waals surface area contributed by atoms with Crippen molar-refractivity contribution < 1.29 is 18.1 Å². The van der Waals surface area contributed by atoms with Crippen LogP contribution in [-0.4, -0.2) is 32.6 Å². The molecule has 23 heavy (non-hydrogen) atoms. The van der Waals surface area contributed by atoms with Gasteiger partial charge in [-0.3, -0.25) is 0 Å². The number of fused-ring (bicyclic) bond motifs is 1. The van der Waals surface area contributed by atoms with Crippen LogP contribution in [0.25, 0.3) is 5.65 Å². The second-order valence-corrected chi connectivity index (χ2v) is 6.13. The van der Waals surface area contributed by atoms with Gasteiger partial charge in [0.15, 0.2) is 0 Å². The first-order chi connectivity index (χ1) is 10.6. The van der Waals surface area contributed by atoms with Crippen LogP contribution in [0.4, 0.5) is 24.8 Å². The van der Waals surface area contributed by atoms with Gasteiger partial charge in [-0.15, -0.1) is 0 Å². The van der Waals surface area contributed by atoms with Gasteiger partial charge in [-0.2, -0.15) is 22.6 Å². The zero-order valence-corrected chi connectivity index (χ0v) is 12.5. The normalized spacial score (nSPS) is 21.1. The standard InChI is InChI=1S/C14H15F3N4O2/c1-13(2)9(14(15,16)17)6-8-20(13)11-12(21(22)23)19-7-4-3-5-10(19)18-11/h3-5,7,9H,6,8H2,1-2H3/t9-/m0/s1. The third kappa shape index (κ3) is 2.30. The molecule has 0 unspecified atom stereocenters. The van der Waals surface area contributed by atoms with Crippen LogP contribution in [0.3, 0.4) is 0 Å². The zero-order valence-electron chi connectivity index (χ0n) is 12.5. The van der Waals surface area contributed by atoms with E-state index in [1.807, 2.05) is 0 Å². The molecule has 124 valence electrons. The Bertz CT molecular complexity index is 769. The molecule has 0 radical (unpaired) electrons. The number of imidazole rings is 1. The first-order valence-corrected chi connectivity index (χ1v) is 7.10. The van der Waals surface area contributed by atoms with Crippen LogP contribution >= 0.6 is 0 Å². The highest BCUT2D eigenvalue weighted by atomic mass is 19.4. The predicted molar refractivity (Wildman–Crippen MR) is 77.4 cm³/mol. The van der Waals surface area contributed by atoms with Crippen molar-refractivity contribution in [2.75, 3.05) is 11.4 Å². The summed E-state index contributed by atoms with van der Waals surface area (Å²) in [5.41, 5.74) is -0.971. The molecule has 1 aliphatic rings. The first kappa shape index (κ1) is 15.6. The molecule has 0 spiro atoms. The highest BCUT2D eigenvalue weighted by Gasteiger charge is 2.56. The maximum atomic E-state index is 13.2. The van der Waals surface area contributed by atoms with Gasteiger partial charge in [0.25, 0.3) is 0 Å². The average Bonchev–Trinajstić information content (AvgIpc) is 2.94. The van der Waals surface area contributed by atoms with Crippen molar-refractivity contribution in [1.82, 2.24) is 9.38 Å². The van der Waals surface area contributed by atoms with E-state index in [4.69, 9.17) is 0 Å². The fraction of sp³-hybridized carbons (Fsp3) is 0.500. The van der Waals surface area contributed by atoms with Gasteiger partial charge in [0.2, 0.25) is 11.5 Å². The molecule has 0 aliphatic carbocycles. The molecule has 0 amide bonds. The van der Waals surface area contributed by atoms with E-state index in [9.17, 15) is 23.3 Å².